The summed E-state index contributed by atoms with van der Waals surface area (Å²) < 4.78 is 19.0. The van der Waals surface area contributed by atoms with Gasteiger partial charge in [-0.2, -0.15) is 0 Å². The largest absolute Gasteiger partial charge is 0.465 e. The van der Waals surface area contributed by atoms with Crippen LogP contribution in [0.3, 0.4) is 0 Å². The van der Waals surface area contributed by atoms with Crippen LogP contribution < -0.4 is 5.32 Å². The number of carbonyl (C=O) groups is 2. The second-order valence-electron chi connectivity index (χ2n) is 6.44. The Bertz CT molecular complexity index is 844. The molecule has 0 aliphatic heterocycles. The smallest absolute Gasteiger partial charge is 0.339 e. The number of ether oxygens (including phenoxy) is 1. The van der Waals surface area contributed by atoms with Crippen LogP contribution in [-0.4, -0.2) is 49.5 Å². The molecule has 2 aromatic rings. The highest BCUT2D eigenvalue weighted by Crippen LogP contribution is 2.28. The van der Waals surface area contributed by atoms with E-state index in [4.69, 9.17) is 16.3 Å². The van der Waals surface area contributed by atoms with Crippen molar-refractivity contribution in [2.24, 2.45) is 0 Å². The number of esters is 1. The van der Waals surface area contributed by atoms with Crippen molar-refractivity contribution >= 4 is 23.5 Å². The van der Waals surface area contributed by atoms with Gasteiger partial charge in [-0.05, 0) is 45.6 Å². The summed E-state index contributed by atoms with van der Waals surface area (Å²) in [6.07, 6.45) is 0. The van der Waals surface area contributed by atoms with Crippen molar-refractivity contribution in [2.75, 3.05) is 27.7 Å². The van der Waals surface area contributed by atoms with E-state index in [1.807, 2.05) is 0 Å². The van der Waals surface area contributed by atoms with Crippen LogP contribution in [0.4, 0.5) is 4.39 Å². The third kappa shape index (κ3) is 4.31. The molecular weight excluding hydrogens is 373 g/mol. The summed E-state index contributed by atoms with van der Waals surface area (Å²) in [7, 11) is 4.84. The molecule has 1 aromatic heterocycles. The zero-order valence-corrected chi connectivity index (χ0v) is 16.7. The standard InChI is InChI=1S/C19H23ClFN3O3/c1-10-15(19(26)27-5)11(2)23-17(10)18(25)22-9-14(24(3)4)16-12(20)7-6-8-13(16)21/h6-8,14,23H,9H2,1-5H3,(H,22,25)/t14-/m0/s1. The molecular formula is C19H23ClFN3O3. The van der Waals surface area contributed by atoms with Crippen molar-refractivity contribution in [3.8, 4) is 0 Å². The average molecular weight is 396 g/mol. The van der Waals surface area contributed by atoms with Gasteiger partial charge in [0.2, 0.25) is 0 Å². The Morgan fingerprint density at radius 1 is 1.33 bits per heavy atom. The number of rotatable bonds is 6. The topological polar surface area (TPSA) is 74.4 Å². The van der Waals surface area contributed by atoms with Crippen LogP contribution in [0.2, 0.25) is 5.02 Å². The van der Waals surface area contributed by atoms with Crippen molar-refractivity contribution in [2.45, 2.75) is 19.9 Å². The maximum Gasteiger partial charge on any atom is 0.339 e. The molecule has 0 unspecified atom stereocenters. The van der Waals surface area contributed by atoms with Crippen LogP contribution in [0.15, 0.2) is 18.2 Å². The Balaban J connectivity index is 2.24. The number of likely N-dealkylation sites (N-methyl/N-ethyl adjacent to an activating group) is 1. The van der Waals surface area contributed by atoms with E-state index in [0.29, 0.717) is 27.4 Å². The fourth-order valence-electron chi connectivity index (χ4n) is 3.03. The summed E-state index contributed by atoms with van der Waals surface area (Å²) in [6.45, 7) is 3.50. The number of benzene rings is 1. The molecule has 0 saturated heterocycles. The minimum atomic E-state index is -0.510. The first-order valence-corrected chi connectivity index (χ1v) is 8.72. The molecule has 0 radical (unpaired) electrons. The SMILES string of the molecule is COC(=O)c1c(C)[nH]c(C(=O)NC[C@@H](c2c(F)cccc2Cl)N(C)C)c1C. The molecule has 2 N–H and O–H groups in total. The van der Waals surface area contributed by atoms with Gasteiger partial charge in [-0.25, -0.2) is 9.18 Å². The van der Waals surface area contributed by atoms with Gasteiger partial charge in [0, 0.05) is 22.8 Å². The number of aromatic amines is 1. The van der Waals surface area contributed by atoms with Gasteiger partial charge in [-0.1, -0.05) is 17.7 Å². The first-order chi connectivity index (χ1) is 12.7. The van der Waals surface area contributed by atoms with E-state index < -0.39 is 23.7 Å². The van der Waals surface area contributed by atoms with Crippen molar-refractivity contribution < 1.29 is 18.7 Å². The Kier molecular flexibility index (Phi) is 6.62. The molecule has 1 atom stereocenters. The van der Waals surface area contributed by atoms with Gasteiger partial charge < -0.3 is 19.9 Å². The molecule has 0 spiro atoms. The minimum Gasteiger partial charge on any atom is -0.465 e. The quantitative estimate of drug-likeness (QED) is 0.736. The van der Waals surface area contributed by atoms with Crippen molar-refractivity contribution in [1.82, 2.24) is 15.2 Å². The summed E-state index contributed by atoms with van der Waals surface area (Å²) in [4.78, 5) is 29.2. The molecule has 1 aromatic carbocycles. The molecule has 1 heterocycles. The lowest BCUT2D eigenvalue weighted by Crippen LogP contribution is -2.35. The maximum absolute atomic E-state index is 14.3. The monoisotopic (exact) mass is 395 g/mol. The fraction of sp³-hybridized carbons (Fsp3) is 0.368. The van der Waals surface area contributed by atoms with Gasteiger partial charge in [0.1, 0.15) is 11.5 Å². The fourth-order valence-corrected chi connectivity index (χ4v) is 3.32. The molecule has 27 heavy (non-hydrogen) atoms. The van der Waals surface area contributed by atoms with E-state index in [9.17, 15) is 14.0 Å². The van der Waals surface area contributed by atoms with Gasteiger partial charge >= 0.3 is 5.97 Å². The van der Waals surface area contributed by atoms with Gasteiger partial charge in [0.05, 0.1) is 18.7 Å². The summed E-state index contributed by atoms with van der Waals surface area (Å²) in [6, 6.07) is 4.02. The molecule has 0 fully saturated rings. The molecule has 146 valence electrons. The molecule has 1 amide bonds. The van der Waals surface area contributed by atoms with E-state index in [0.717, 1.165) is 0 Å². The van der Waals surface area contributed by atoms with Crippen LogP contribution in [0, 0.1) is 19.7 Å². The highest BCUT2D eigenvalue weighted by Gasteiger charge is 2.25. The Morgan fingerprint density at radius 3 is 2.56 bits per heavy atom. The molecule has 6 nitrogen and oxygen atoms in total. The summed E-state index contributed by atoms with van der Waals surface area (Å²) in [5.74, 6) is -1.34. The number of amides is 1. The lowest BCUT2D eigenvalue weighted by Gasteiger charge is -2.26. The molecule has 0 aliphatic carbocycles. The highest BCUT2D eigenvalue weighted by molar-refractivity contribution is 6.31. The Morgan fingerprint density at radius 2 is 2.00 bits per heavy atom. The number of hydrogen-bond acceptors (Lipinski definition) is 4. The average Bonchev–Trinajstić information content (AvgIpc) is 2.90. The third-order valence-electron chi connectivity index (χ3n) is 4.47. The predicted molar refractivity (Wildman–Crippen MR) is 102 cm³/mol. The number of halogens is 2. The van der Waals surface area contributed by atoms with E-state index >= 15 is 0 Å². The minimum absolute atomic E-state index is 0.136. The van der Waals surface area contributed by atoms with Crippen LogP contribution in [0.5, 0.6) is 0 Å². The summed E-state index contributed by atoms with van der Waals surface area (Å²) in [5.41, 5.74) is 1.97. The summed E-state index contributed by atoms with van der Waals surface area (Å²) in [5, 5.41) is 3.08. The van der Waals surface area contributed by atoms with Crippen LogP contribution in [-0.2, 0) is 4.74 Å². The molecule has 2 rings (SSSR count). The number of aromatic nitrogens is 1. The predicted octanol–water partition coefficient (Wildman–Crippen LogP) is 3.24. The number of nitrogens with one attached hydrogen (secondary N) is 2. The van der Waals surface area contributed by atoms with Crippen molar-refractivity contribution in [3.05, 3.63) is 57.1 Å². The number of carbonyl (C=O) groups excluding carboxylic acids is 2. The van der Waals surface area contributed by atoms with E-state index in [1.165, 1.54) is 19.2 Å². The van der Waals surface area contributed by atoms with Crippen LogP contribution >= 0.6 is 11.6 Å². The lowest BCUT2D eigenvalue weighted by atomic mass is 10.0. The van der Waals surface area contributed by atoms with E-state index in [1.54, 1.807) is 38.9 Å². The van der Waals surface area contributed by atoms with Crippen LogP contribution in [0.25, 0.3) is 0 Å². The number of H-pyrrole nitrogens is 1. The third-order valence-corrected chi connectivity index (χ3v) is 4.80. The number of methoxy groups -OCH3 is 1. The van der Waals surface area contributed by atoms with Crippen molar-refractivity contribution in [3.63, 3.8) is 0 Å². The molecule has 0 bridgehead atoms. The number of nitrogens with zero attached hydrogens (tertiary/aromatic N) is 1. The van der Waals surface area contributed by atoms with E-state index in [-0.39, 0.29) is 12.2 Å². The number of aryl methyl sites for hydroxylation is 1. The maximum atomic E-state index is 14.3. The molecule has 0 aliphatic rings. The second kappa shape index (κ2) is 8.54. The zero-order chi connectivity index (χ0) is 20.3. The summed E-state index contributed by atoms with van der Waals surface area (Å²) >= 11 is 6.16. The van der Waals surface area contributed by atoms with E-state index in [2.05, 4.69) is 10.3 Å². The zero-order valence-electron chi connectivity index (χ0n) is 15.9. The van der Waals surface area contributed by atoms with Gasteiger partial charge in [0.15, 0.2) is 0 Å². The van der Waals surface area contributed by atoms with Gasteiger partial charge in [-0.3, -0.25) is 4.79 Å². The number of hydrogen-bond donors (Lipinski definition) is 2. The Labute approximate surface area is 162 Å². The first kappa shape index (κ1) is 20.9. The molecule has 8 heteroatoms. The highest BCUT2D eigenvalue weighted by atomic mass is 35.5. The lowest BCUT2D eigenvalue weighted by molar-refractivity contribution is 0.0599. The molecule has 0 saturated carbocycles. The van der Waals surface area contributed by atoms with Gasteiger partial charge in [0.25, 0.3) is 5.91 Å². The van der Waals surface area contributed by atoms with Crippen molar-refractivity contribution in [1.29, 1.82) is 0 Å². The van der Waals surface area contributed by atoms with Gasteiger partial charge in [-0.15, -0.1) is 0 Å². The second-order valence-corrected chi connectivity index (χ2v) is 6.85. The Hall–Kier alpha value is -2.38. The first-order valence-electron chi connectivity index (χ1n) is 8.35. The normalized spacial score (nSPS) is 12.1. The van der Waals surface area contributed by atoms with Crippen LogP contribution in [0.1, 0.15) is 43.7 Å².